The van der Waals surface area contributed by atoms with Gasteiger partial charge >= 0.3 is 0 Å². The van der Waals surface area contributed by atoms with Crippen molar-refractivity contribution in [1.29, 1.82) is 0 Å². The molecule has 4 N–H and O–H groups in total. The van der Waals surface area contributed by atoms with Gasteiger partial charge in [0.05, 0.1) is 46.9 Å². The van der Waals surface area contributed by atoms with Gasteiger partial charge in [-0.1, -0.05) is 6.07 Å². The minimum Gasteiger partial charge on any atom is -0.397 e. The highest BCUT2D eigenvalue weighted by Crippen LogP contribution is 2.30. The molecule has 10 nitrogen and oxygen atoms in total. The molecule has 2 atom stereocenters. The number of carbonyl (C=O) groups is 1. The van der Waals surface area contributed by atoms with E-state index in [4.69, 9.17) is 10.5 Å². The van der Waals surface area contributed by atoms with E-state index in [1.165, 1.54) is 12.1 Å². The molecule has 0 radical (unpaired) electrons. The topological polar surface area (TPSA) is 124 Å². The molecular weight excluding hydrogens is 489 g/mol. The Hall–Kier alpha value is -3.80. The number of amides is 1. The Morgan fingerprint density at radius 3 is 2.76 bits per heavy atom. The van der Waals surface area contributed by atoms with Crippen LogP contribution in [0, 0.1) is 5.82 Å². The first-order valence-corrected chi connectivity index (χ1v) is 12.5. The first kappa shape index (κ1) is 25.8. The standard InChI is InChI=1S/C27H32FN7O3/c1-15-14-38-17(11-33(2)3)12-35(15)13-22(36)34(4)16-8-9-19-21(10-16)31-26(30-19)24-25(29)23-18(28)6-5-7-20(23)32-27(24)37/h5-10,15,17H,11-14H2,1-4H3,(H,30,31)(H3,29,32,37)/t15-,17-/m0/s1. The van der Waals surface area contributed by atoms with Crippen LogP contribution in [-0.2, 0) is 9.53 Å². The van der Waals surface area contributed by atoms with E-state index in [-0.39, 0.29) is 47.1 Å². The Bertz CT molecular complexity index is 1560. The lowest BCUT2D eigenvalue weighted by atomic mass is 10.1. The number of hydrogen-bond acceptors (Lipinski definition) is 7. The van der Waals surface area contributed by atoms with Gasteiger partial charge in [0.2, 0.25) is 5.91 Å². The molecule has 1 aliphatic rings. The van der Waals surface area contributed by atoms with Gasteiger partial charge in [0.1, 0.15) is 17.2 Å². The van der Waals surface area contributed by atoms with Crippen molar-refractivity contribution in [3.8, 4) is 11.4 Å². The summed E-state index contributed by atoms with van der Waals surface area (Å²) in [6.45, 7) is 4.39. The van der Waals surface area contributed by atoms with E-state index in [1.54, 1.807) is 36.2 Å². The fraction of sp³-hybridized carbons (Fsp3) is 0.370. The molecule has 2 aromatic carbocycles. The van der Waals surface area contributed by atoms with Gasteiger partial charge in [-0.15, -0.1) is 0 Å². The van der Waals surface area contributed by atoms with Gasteiger partial charge in [-0.25, -0.2) is 9.37 Å². The second-order valence-electron chi connectivity index (χ2n) is 10.1. The second kappa shape index (κ2) is 10.2. The first-order valence-electron chi connectivity index (χ1n) is 12.5. The molecule has 0 unspecified atom stereocenters. The summed E-state index contributed by atoms with van der Waals surface area (Å²) in [5.41, 5.74) is 8.05. The van der Waals surface area contributed by atoms with E-state index in [9.17, 15) is 14.0 Å². The Morgan fingerprint density at radius 2 is 2.00 bits per heavy atom. The smallest absolute Gasteiger partial charge is 0.261 e. The molecule has 38 heavy (non-hydrogen) atoms. The zero-order valence-electron chi connectivity index (χ0n) is 21.9. The fourth-order valence-electron chi connectivity index (χ4n) is 4.93. The number of nitrogens with zero attached hydrogens (tertiary/aromatic N) is 4. The van der Waals surface area contributed by atoms with Gasteiger partial charge in [-0.3, -0.25) is 14.5 Å². The number of hydrogen-bond donors (Lipinski definition) is 3. The van der Waals surface area contributed by atoms with Crippen LogP contribution < -0.4 is 16.2 Å². The van der Waals surface area contributed by atoms with Crippen molar-refractivity contribution in [2.75, 3.05) is 58.0 Å². The Balaban J connectivity index is 1.39. The van der Waals surface area contributed by atoms with Crippen LogP contribution in [0.1, 0.15) is 6.92 Å². The number of likely N-dealkylation sites (N-methyl/N-ethyl adjacent to an activating group) is 2. The number of carbonyl (C=O) groups excluding carboxylic acids is 1. The van der Waals surface area contributed by atoms with Crippen LogP contribution in [0.25, 0.3) is 33.3 Å². The third kappa shape index (κ3) is 4.87. The van der Waals surface area contributed by atoms with E-state index in [1.807, 2.05) is 14.1 Å². The predicted molar refractivity (Wildman–Crippen MR) is 147 cm³/mol. The summed E-state index contributed by atoms with van der Waals surface area (Å²) in [7, 11) is 5.74. The number of nitrogen functional groups attached to an aromatic ring is 1. The summed E-state index contributed by atoms with van der Waals surface area (Å²) in [5, 5.41) is 0.138. The van der Waals surface area contributed by atoms with Crippen LogP contribution in [0.5, 0.6) is 0 Å². The van der Waals surface area contributed by atoms with Gasteiger partial charge in [0.15, 0.2) is 0 Å². The maximum Gasteiger partial charge on any atom is 0.261 e. The molecule has 3 heterocycles. The van der Waals surface area contributed by atoms with Crippen LogP contribution in [0.2, 0.25) is 0 Å². The van der Waals surface area contributed by atoms with Crippen LogP contribution in [-0.4, -0.2) is 90.2 Å². The molecule has 2 aromatic heterocycles. The molecule has 0 bridgehead atoms. The van der Waals surface area contributed by atoms with E-state index in [0.29, 0.717) is 35.4 Å². The van der Waals surface area contributed by atoms with Crippen molar-refractivity contribution in [1.82, 2.24) is 24.8 Å². The SMILES string of the molecule is C[C@H]1CO[C@@H](CN(C)C)CN1CC(=O)N(C)c1ccc2nc(-c3c(N)c4c(F)cccc4[nH]c3=O)[nH]c2c1. The number of nitrogens with two attached hydrogens (primary N) is 1. The number of halogens is 1. The minimum atomic E-state index is -0.529. The number of morpholine rings is 1. The van der Waals surface area contributed by atoms with Crippen molar-refractivity contribution in [3.63, 3.8) is 0 Å². The van der Waals surface area contributed by atoms with Crippen LogP contribution in [0.15, 0.2) is 41.2 Å². The number of imidazole rings is 1. The lowest BCUT2D eigenvalue weighted by molar-refractivity contribution is -0.124. The second-order valence-corrected chi connectivity index (χ2v) is 10.1. The van der Waals surface area contributed by atoms with Gasteiger partial charge in [0.25, 0.3) is 5.56 Å². The zero-order valence-corrected chi connectivity index (χ0v) is 21.9. The molecular formula is C27H32FN7O3. The van der Waals surface area contributed by atoms with Gasteiger partial charge in [-0.2, -0.15) is 0 Å². The van der Waals surface area contributed by atoms with E-state index >= 15 is 0 Å². The zero-order chi connectivity index (χ0) is 27.1. The number of aromatic nitrogens is 3. The largest absolute Gasteiger partial charge is 0.397 e. The number of pyridine rings is 1. The number of anilines is 2. The van der Waals surface area contributed by atoms with Gasteiger partial charge < -0.3 is 30.2 Å². The van der Waals surface area contributed by atoms with E-state index in [2.05, 4.69) is 31.7 Å². The summed E-state index contributed by atoms with van der Waals surface area (Å²) in [5.74, 6) is -0.352. The molecule has 1 amide bonds. The molecule has 4 aromatic rings. The first-order chi connectivity index (χ1) is 18.1. The molecule has 1 saturated heterocycles. The molecule has 200 valence electrons. The normalized spacial score (nSPS) is 18.5. The monoisotopic (exact) mass is 521 g/mol. The number of H-pyrrole nitrogens is 2. The Kier molecular flexibility index (Phi) is 6.91. The molecule has 1 fully saturated rings. The number of nitrogens with one attached hydrogen (secondary N) is 2. The highest BCUT2D eigenvalue weighted by Gasteiger charge is 2.29. The minimum absolute atomic E-state index is 0.0145. The lowest BCUT2D eigenvalue weighted by Gasteiger charge is -2.39. The molecule has 0 aliphatic carbocycles. The summed E-state index contributed by atoms with van der Waals surface area (Å²) in [4.78, 5) is 42.2. The third-order valence-corrected chi connectivity index (χ3v) is 7.03. The van der Waals surface area contributed by atoms with Crippen LogP contribution in [0.3, 0.4) is 0 Å². The summed E-state index contributed by atoms with van der Waals surface area (Å²) < 4.78 is 20.4. The fourth-order valence-corrected chi connectivity index (χ4v) is 4.93. The van der Waals surface area contributed by atoms with Crippen LogP contribution in [0.4, 0.5) is 15.8 Å². The Labute approximate surface area is 219 Å². The molecule has 1 aliphatic heterocycles. The maximum atomic E-state index is 14.5. The van der Waals surface area contributed by atoms with E-state index < -0.39 is 11.4 Å². The highest BCUT2D eigenvalue weighted by atomic mass is 19.1. The predicted octanol–water partition coefficient (Wildman–Crippen LogP) is 2.41. The van der Waals surface area contributed by atoms with E-state index in [0.717, 1.165) is 6.54 Å². The molecule has 11 heteroatoms. The summed E-state index contributed by atoms with van der Waals surface area (Å²) in [6, 6.07) is 9.90. The van der Waals surface area contributed by atoms with Crippen molar-refractivity contribution < 1.29 is 13.9 Å². The summed E-state index contributed by atoms with van der Waals surface area (Å²) >= 11 is 0. The summed E-state index contributed by atoms with van der Waals surface area (Å²) in [6.07, 6.45) is 0.0539. The molecule has 5 rings (SSSR count). The number of ether oxygens (including phenoxy) is 1. The average Bonchev–Trinajstić information content (AvgIpc) is 3.27. The van der Waals surface area contributed by atoms with Crippen molar-refractivity contribution in [3.05, 3.63) is 52.6 Å². The van der Waals surface area contributed by atoms with Gasteiger partial charge in [0, 0.05) is 31.9 Å². The number of rotatable bonds is 6. The molecule has 0 spiro atoms. The average molecular weight is 522 g/mol. The number of aromatic amines is 2. The highest BCUT2D eigenvalue weighted by molar-refractivity contribution is 5.99. The Morgan fingerprint density at radius 1 is 1.21 bits per heavy atom. The number of benzene rings is 2. The lowest BCUT2D eigenvalue weighted by Crippen LogP contribution is -2.53. The quantitative estimate of drug-likeness (QED) is 0.356. The third-order valence-electron chi connectivity index (χ3n) is 7.03. The van der Waals surface area contributed by atoms with Crippen molar-refractivity contribution >= 4 is 39.2 Å². The number of fused-ring (bicyclic) bond motifs is 2. The van der Waals surface area contributed by atoms with Crippen molar-refractivity contribution in [2.24, 2.45) is 0 Å². The van der Waals surface area contributed by atoms with Crippen molar-refractivity contribution in [2.45, 2.75) is 19.1 Å². The molecule has 0 saturated carbocycles. The van der Waals surface area contributed by atoms with Crippen LogP contribution >= 0.6 is 0 Å². The van der Waals surface area contributed by atoms with Gasteiger partial charge in [-0.05, 0) is 51.4 Å². The maximum absolute atomic E-state index is 14.5.